The van der Waals surface area contributed by atoms with Crippen LogP contribution in [0, 0.1) is 13.8 Å². The normalized spacial score (nSPS) is 13.3. The Kier molecular flexibility index (Phi) is 5.67. The summed E-state index contributed by atoms with van der Waals surface area (Å²) in [7, 11) is 0. The van der Waals surface area contributed by atoms with Gasteiger partial charge in [-0.3, -0.25) is 4.79 Å². The van der Waals surface area contributed by atoms with Gasteiger partial charge in [0.05, 0.1) is 6.04 Å². The fraction of sp³-hybridized carbons (Fsp3) is 0.316. The van der Waals surface area contributed by atoms with Crippen molar-refractivity contribution in [2.45, 2.75) is 39.8 Å². The molecule has 1 amide bonds. The Balaban J connectivity index is 1.98. The Bertz CT molecular complexity index is 700. The van der Waals surface area contributed by atoms with Crippen LogP contribution in [0.2, 0.25) is 5.02 Å². The summed E-state index contributed by atoms with van der Waals surface area (Å²) in [6, 6.07) is 13.2. The van der Waals surface area contributed by atoms with E-state index in [0.717, 1.165) is 5.56 Å². The molecule has 0 saturated carbocycles. The van der Waals surface area contributed by atoms with Crippen molar-refractivity contribution in [3.05, 3.63) is 64.2 Å². The van der Waals surface area contributed by atoms with Crippen LogP contribution in [0.15, 0.2) is 42.5 Å². The average Bonchev–Trinajstić information content (AvgIpc) is 2.49. The molecule has 122 valence electrons. The minimum atomic E-state index is -0.595. The SMILES string of the molecule is Cc1ccc([C@H](C)NC(=O)[C@H](C)Oc2cccc(Cl)c2)cc1C. The lowest BCUT2D eigenvalue weighted by molar-refractivity contribution is -0.127. The first-order chi connectivity index (χ1) is 10.9. The fourth-order valence-electron chi connectivity index (χ4n) is 2.25. The third-order valence-electron chi connectivity index (χ3n) is 3.87. The Hall–Kier alpha value is -2.00. The first-order valence-corrected chi connectivity index (χ1v) is 8.04. The van der Waals surface area contributed by atoms with Crippen LogP contribution in [0.25, 0.3) is 0 Å². The van der Waals surface area contributed by atoms with Gasteiger partial charge in [0.2, 0.25) is 0 Å². The lowest BCUT2D eigenvalue weighted by atomic mass is 10.0. The Labute approximate surface area is 142 Å². The Morgan fingerprint density at radius 3 is 2.48 bits per heavy atom. The van der Waals surface area contributed by atoms with Crippen molar-refractivity contribution in [2.24, 2.45) is 0 Å². The molecule has 2 atom stereocenters. The molecule has 2 aromatic carbocycles. The largest absolute Gasteiger partial charge is 0.481 e. The number of carbonyl (C=O) groups is 1. The molecule has 0 spiro atoms. The highest BCUT2D eigenvalue weighted by Gasteiger charge is 2.18. The summed E-state index contributed by atoms with van der Waals surface area (Å²) in [4.78, 5) is 12.3. The lowest BCUT2D eigenvalue weighted by Gasteiger charge is -2.19. The van der Waals surface area contributed by atoms with Crippen molar-refractivity contribution in [1.82, 2.24) is 5.32 Å². The highest BCUT2D eigenvalue weighted by molar-refractivity contribution is 6.30. The zero-order chi connectivity index (χ0) is 17.0. The van der Waals surface area contributed by atoms with E-state index in [1.807, 2.05) is 13.0 Å². The summed E-state index contributed by atoms with van der Waals surface area (Å²) in [5.74, 6) is 0.426. The molecule has 0 heterocycles. The number of benzene rings is 2. The van der Waals surface area contributed by atoms with Gasteiger partial charge in [-0.15, -0.1) is 0 Å². The Morgan fingerprint density at radius 1 is 1.09 bits per heavy atom. The molecule has 0 aliphatic rings. The molecule has 0 saturated heterocycles. The zero-order valence-electron chi connectivity index (χ0n) is 13.9. The van der Waals surface area contributed by atoms with Crippen molar-refractivity contribution in [3.8, 4) is 5.75 Å². The third-order valence-corrected chi connectivity index (χ3v) is 4.10. The maximum Gasteiger partial charge on any atom is 0.261 e. The highest BCUT2D eigenvalue weighted by atomic mass is 35.5. The molecule has 0 aliphatic carbocycles. The van der Waals surface area contributed by atoms with E-state index in [9.17, 15) is 4.79 Å². The molecule has 4 heteroatoms. The second-order valence-corrected chi connectivity index (χ2v) is 6.23. The van der Waals surface area contributed by atoms with Crippen molar-refractivity contribution < 1.29 is 9.53 Å². The van der Waals surface area contributed by atoms with Gasteiger partial charge in [0.1, 0.15) is 5.75 Å². The van der Waals surface area contributed by atoms with Gasteiger partial charge in [-0.25, -0.2) is 0 Å². The van der Waals surface area contributed by atoms with Gasteiger partial charge in [0.15, 0.2) is 6.10 Å². The van der Waals surface area contributed by atoms with Crippen LogP contribution in [0.3, 0.4) is 0 Å². The average molecular weight is 332 g/mol. The first kappa shape index (κ1) is 17.4. The minimum Gasteiger partial charge on any atom is -0.481 e. The molecular formula is C19H22ClNO2. The molecule has 3 nitrogen and oxygen atoms in total. The third kappa shape index (κ3) is 4.73. The second-order valence-electron chi connectivity index (χ2n) is 5.79. The van der Waals surface area contributed by atoms with Crippen molar-refractivity contribution in [3.63, 3.8) is 0 Å². The summed E-state index contributed by atoms with van der Waals surface area (Å²) in [6.07, 6.45) is -0.595. The second kappa shape index (κ2) is 7.51. The number of amides is 1. The number of rotatable bonds is 5. The van der Waals surface area contributed by atoms with Crippen LogP contribution in [-0.4, -0.2) is 12.0 Å². The number of aryl methyl sites for hydroxylation is 2. The predicted octanol–water partition coefficient (Wildman–Crippen LogP) is 4.60. The molecule has 23 heavy (non-hydrogen) atoms. The van der Waals surface area contributed by atoms with Crippen molar-refractivity contribution in [2.75, 3.05) is 0 Å². The predicted molar refractivity (Wildman–Crippen MR) is 94.0 cm³/mol. The molecule has 1 N–H and O–H groups in total. The molecule has 2 rings (SSSR count). The highest BCUT2D eigenvalue weighted by Crippen LogP contribution is 2.20. The van der Waals surface area contributed by atoms with Crippen molar-refractivity contribution in [1.29, 1.82) is 0 Å². The van der Waals surface area contributed by atoms with Crippen LogP contribution in [-0.2, 0) is 4.79 Å². The molecule has 0 bridgehead atoms. The van der Waals surface area contributed by atoms with Gasteiger partial charge < -0.3 is 10.1 Å². The van der Waals surface area contributed by atoms with E-state index in [0.29, 0.717) is 10.8 Å². The summed E-state index contributed by atoms with van der Waals surface area (Å²) in [5, 5.41) is 3.56. The Morgan fingerprint density at radius 2 is 1.83 bits per heavy atom. The molecule has 0 aliphatic heterocycles. The van der Waals surface area contributed by atoms with Crippen LogP contribution < -0.4 is 10.1 Å². The van der Waals surface area contributed by atoms with E-state index >= 15 is 0 Å². The number of carbonyl (C=O) groups excluding carboxylic acids is 1. The standard InChI is InChI=1S/C19H22ClNO2/c1-12-8-9-16(10-13(12)2)14(3)21-19(22)15(4)23-18-7-5-6-17(20)11-18/h5-11,14-15H,1-4H3,(H,21,22)/t14-,15-/m0/s1. The summed E-state index contributed by atoms with van der Waals surface area (Å²) in [6.45, 7) is 7.83. The summed E-state index contributed by atoms with van der Waals surface area (Å²) < 4.78 is 5.64. The fourth-order valence-corrected chi connectivity index (χ4v) is 2.43. The van der Waals surface area contributed by atoms with Gasteiger partial charge in [0.25, 0.3) is 5.91 Å². The number of nitrogens with one attached hydrogen (secondary N) is 1. The summed E-state index contributed by atoms with van der Waals surface area (Å²) >= 11 is 5.92. The molecule has 0 aromatic heterocycles. The number of hydrogen-bond donors (Lipinski definition) is 1. The van der Waals surface area contributed by atoms with E-state index in [2.05, 4.69) is 31.3 Å². The van der Waals surface area contributed by atoms with E-state index in [-0.39, 0.29) is 11.9 Å². The molecular weight excluding hydrogens is 310 g/mol. The van der Waals surface area contributed by atoms with E-state index in [1.165, 1.54) is 11.1 Å². The van der Waals surface area contributed by atoms with E-state index in [1.54, 1.807) is 31.2 Å². The monoisotopic (exact) mass is 331 g/mol. The van der Waals surface area contributed by atoms with Crippen molar-refractivity contribution >= 4 is 17.5 Å². The number of hydrogen-bond acceptors (Lipinski definition) is 2. The molecule has 0 unspecified atom stereocenters. The van der Waals surface area contributed by atoms with E-state index in [4.69, 9.17) is 16.3 Å². The quantitative estimate of drug-likeness (QED) is 0.869. The topological polar surface area (TPSA) is 38.3 Å². The van der Waals surface area contributed by atoms with Gasteiger partial charge in [-0.05, 0) is 62.6 Å². The van der Waals surface area contributed by atoms with Crippen LogP contribution in [0.1, 0.15) is 36.6 Å². The zero-order valence-corrected chi connectivity index (χ0v) is 14.6. The van der Waals surface area contributed by atoms with Gasteiger partial charge in [-0.1, -0.05) is 35.9 Å². The maximum absolute atomic E-state index is 12.3. The smallest absolute Gasteiger partial charge is 0.261 e. The lowest BCUT2D eigenvalue weighted by Crippen LogP contribution is -2.37. The first-order valence-electron chi connectivity index (χ1n) is 7.66. The summed E-state index contributed by atoms with van der Waals surface area (Å²) in [5.41, 5.74) is 3.54. The van der Waals surface area contributed by atoms with Gasteiger partial charge in [0, 0.05) is 5.02 Å². The molecule has 0 fully saturated rings. The van der Waals surface area contributed by atoms with Gasteiger partial charge >= 0.3 is 0 Å². The molecule has 0 radical (unpaired) electrons. The maximum atomic E-state index is 12.3. The number of ether oxygens (including phenoxy) is 1. The van der Waals surface area contributed by atoms with E-state index < -0.39 is 6.10 Å². The molecule has 2 aromatic rings. The van der Waals surface area contributed by atoms with Crippen LogP contribution in [0.4, 0.5) is 0 Å². The van der Waals surface area contributed by atoms with Crippen LogP contribution in [0.5, 0.6) is 5.75 Å². The number of halogens is 1. The van der Waals surface area contributed by atoms with Gasteiger partial charge in [-0.2, -0.15) is 0 Å². The van der Waals surface area contributed by atoms with Crippen LogP contribution >= 0.6 is 11.6 Å². The minimum absolute atomic E-state index is 0.0767.